The van der Waals surface area contributed by atoms with Gasteiger partial charge in [0.25, 0.3) is 0 Å². The first kappa shape index (κ1) is 14.1. The van der Waals surface area contributed by atoms with Gasteiger partial charge < -0.3 is 9.64 Å². The van der Waals surface area contributed by atoms with Crippen LogP contribution in [0, 0.1) is 0 Å². The normalized spacial score (nSPS) is 26.7. The first-order valence-electron chi connectivity index (χ1n) is 7.00. The van der Waals surface area contributed by atoms with Crippen LogP contribution in [0.15, 0.2) is 30.3 Å². The van der Waals surface area contributed by atoms with Crippen molar-refractivity contribution in [3.05, 3.63) is 35.9 Å². The minimum absolute atomic E-state index is 0.209. The van der Waals surface area contributed by atoms with Crippen LogP contribution in [-0.4, -0.2) is 36.6 Å². The Morgan fingerprint density at radius 3 is 2.63 bits per heavy atom. The summed E-state index contributed by atoms with van der Waals surface area (Å²) in [6.45, 7) is 4.81. The fraction of sp³-hybridized carbons (Fsp3) is 0.562. The summed E-state index contributed by atoms with van der Waals surface area (Å²) >= 11 is 0. The Labute approximate surface area is 115 Å². The molecule has 3 unspecified atom stereocenters. The van der Waals surface area contributed by atoms with Gasteiger partial charge in [-0.1, -0.05) is 30.3 Å². The molecule has 1 fully saturated rings. The van der Waals surface area contributed by atoms with Crippen molar-refractivity contribution in [2.45, 2.75) is 44.7 Å². The molecule has 1 aliphatic rings. The van der Waals surface area contributed by atoms with Crippen LogP contribution in [0.1, 0.15) is 38.2 Å². The van der Waals surface area contributed by atoms with Gasteiger partial charge in [0.1, 0.15) is 0 Å². The van der Waals surface area contributed by atoms with Gasteiger partial charge in [-0.2, -0.15) is 0 Å². The Bertz CT molecular complexity index is 418. The molecular formula is C16H23NO2. The number of carbonyl (C=O) groups is 1. The molecule has 0 bridgehead atoms. The second kappa shape index (κ2) is 6.20. The number of amides is 1. The quantitative estimate of drug-likeness (QED) is 0.834. The van der Waals surface area contributed by atoms with Gasteiger partial charge in [-0.3, -0.25) is 4.79 Å². The second-order valence-electron chi connectivity index (χ2n) is 5.39. The van der Waals surface area contributed by atoms with E-state index in [0.717, 1.165) is 6.42 Å². The Balaban J connectivity index is 2.10. The molecule has 104 valence electrons. The lowest BCUT2D eigenvalue weighted by molar-refractivity contribution is -0.134. The molecule has 0 aliphatic carbocycles. The Kier molecular flexibility index (Phi) is 4.59. The predicted octanol–water partition coefficient (Wildman–Crippen LogP) is 2.82. The summed E-state index contributed by atoms with van der Waals surface area (Å²) in [4.78, 5) is 14.3. The number of methoxy groups -OCH3 is 1. The smallest absolute Gasteiger partial charge is 0.225 e. The Hall–Kier alpha value is -1.35. The average Bonchev–Trinajstić information content (AvgIpc) is 2.72. The SMILES string of the molecule is COCCC(=O)N1C(C)CC(c2ccccc2)C1C. The molecule has 1 saturated heterocycles. The van der Waals surface area contributed by atoms with Crippen molar-refractivity contribution in [1.82, 2.24) is 4.90 Å². The summed E-state index contributed by atoms with van der Waals surface area (Å²) < 4.78 is 5.01. The van der Waals surface area contributed by atoms with Gasteiger partial charge in [-0.15, -0.1) is 0 Å². The van der Waals surface area contributed by atoms with Gasteiger partial charge in [-0.25, -0.2) is 0 Å². The molecule has 3 nitrogen and oxygen atoms in total. The van der Waals surface area contributed by atoms with Crippen molar-refractivity contribution >= 4 is 5.91 Å². The number of carbonyl (C=O) groups excluding carboxylic acids is 1. The third kappa shape index (κ3) is 2.98. The average molecular weight is 261 g/mol. The van der Waals surface area contributed by atoms with E-state index in [1.165, 1.54) is 5.56 Å². The standard InChI is InChI=1S/C16H23NO2/c1-12-11-15(14-7-5-4-6-8-14)13(2)17(12)16(18)9-10-19-3/h4-8,12-13,15H,9-11H2,1-3H3. The first-order valence-corrected chi connectivity index (χ1v) is 7.00. The van der Waals surface area contributed by atoms with Crippen LogP contribution in [-0.2, 0) is 9.53 Å². The summed E-state index contributed by atoms with van der Waals surface area (Å²) in [7, 11) is 1.64. The summed E-state index contributed by atoms with van der Waals surface area (Å²) in [5.41, 5.74) is 1.34. The highest BCUT2D eigenvalue weighted by molar-refractivity contribution is 5.77. The van der Waals surface area contributed by atoms with E-state index in [1.807, 2.05) is 11.0 Å². The zero-order valence-electron chi connectivity index (χ0n) is 12.0. The highest BCUT2D eigenvalue weighted by Gasteiger charge is 2.39. The predicted molar refractivity (Wildman–Crippen MR) is 76.1 cm³/mol. The summed E-state index contributed by atoms with van der Waals surface area (Å²) in [6.07, 6.45) is 1.52. The highest BCUT2D eigenvalue weighted by Crippen LogP contribution is 2.37. The maximum absolute atomic E-state index is 12.2. The van der Waals surface area contributed by atoms with E-state index < -0.39 is 0 Å². The molecule has 1 aromatic carbocycles. The molecule has 3 heteroatoms. The van der Waals surface area contributed by atoms with Crippen LogP contribution in [0.5, 0.6) is 0 Å². The number of rotatable bonds is 4. The van der Waals surface area contributed by atoms with Crippen molar-refractivity contribution < 1.29 is 9.53 Å². The molecule has 0 N–H and O–H groups in total. The van der Waals surface area contributed by atoms with E-state index in [-0.39, 0.29) is 11.9 Å². The van der Waals surface area contributed by atoms with Crippen LogP contribution in [0.3, 0.4) is 0 Å². The minimum Gasteiger partial charge on any atom is -0.384 e. The maximum atomic E-state index is 12.2. The Morgan fingerprint density at radius 1 is 1.32 bits per heavy atom. The zero-order chi connectivity index (χ0) is 13.8. The zero-order valence-corrected chi connectivity index (χ0v) is 12.0. The van der Waals surface area contributed by atoms with Gasteiger partial charge in [0.2, 0.25) is 5.91 Å². The van der Waals surface area contributed by atoms with Crippen LogP contribution in [0.4, 0.5) is 0 Å². The van der Waals surface area contributed by atoms with Crippen molar-refractivity contribution in [2.75, 3.05) is 13.7 Å². The van der Waals surface area contributed by atoms with Crippen LogP contribution < -0.4 is 0 Å². The van der Waals surface area contributed by atoms with Gasteiger partial charge >= 0.3 is 0 Å². The third-order valence-corrected chi connectivity index (χ3v) is 4.13. The van der Waals surface area contributed by atoms with E-state index in [4.69, 9.17) is 4.74 Å². The lowest BCUT2D eigenvalue weighted by Gasteiger charge is -2.28. The number of benzene rings is 1. The van der Waals surface area contributed by atoms with Crippen molar-refractivity contribution in [2.24, 2.45) is 0 Å². The molecule has 1 amide bonds. The van der Waals surface area contributed by atoms with Crippen molar-refractivity contribution in [3.8, 4) is 0 Å². The van der Waals surface area contributed by atoms with E-state index in [1.54, 1.807) is 7.11 Å². The number of ether oxygens (including phenoxy) is 1. The second-order valence-corrected chi connectivity index (χ2v) is 5.39. The van der Waals surface area contributed by atoms with Gasteiger partial charge in [0, 0.05) is 25.1 Å². The van der Waals surface area contributed by atoms with Gasteiger partial charge in [-0.05, 0) is 25.8 Å². The lowest BCUT2D eigenvalue weighted by Crippen LogP contribution is -2.39. The van der Waals surface area contributed by atoms with Crippen LogP contribution >= 0.6 is 0 Å². The van der Waals surface area contributed by atoms with Crippen molar-refractivity contribution in [3.63, 3.8) is 0 Å². The lowest BCUT2D eigenvalue weighted by atomic mass is 9.92. The molecule has 1 aliphatic heterocycles. The molecule has 0 spiro atoms. The van der Waals surface area contributed by atoms with Crippen molar-refractivity contribution in [1.29, 1.82) is 0 Å². The first-order chi connectivity index (χ1) is 9.15. The molecule has 19 heavy (non-hydrogen) atoms. The number of nitrogens with zero attached hydrogens (tertiary/aromatic N) is 1. The fourth-order valence-electron chi connectivity index (χ4n) is 3.18. The van der Waals surface area contributed by atoms with E-state index >= 15 is 0 Å². The van der Waals surface area contributed by atoms with Gasteiger partial charge in [0.15, 0.2) is 0 Å². The molecule has 1 heterocycles. The number of hydrogen-bond acceptors (Lipinski definition) is 2. The summed E-state index contributed by atoms with van der Waals surface area (Å²) in [5, 5.41) is 0. The maximum Gasteiger partial charge on any atom is 0.225 e. The summed E-state index contributed by atoms with van der Waals surface area (Å²) in [5.74, 6) is 0.656. The molecule has 0 saturated carbocycles. The monoisotopic (exact) mass is 261 g/mol. The molecule has 2 rings (SSSR count). The topological polar surface area (TPSA) is 29.5 Å². The minimum atomic E-state index is 0.209. The van der Waals surface area contributed by atoms with Crippen LogP contribution in [0.2, 0.25) is 0 Å². The molecular weight excluding hydrogens is 238 g/mol. The van der Waals surface area contributed by atoms with Gasteiger partial charge in [0.05, 0.1) is 13.0 Å². The Morgan fingerprint density at radius 2 is 2.00 bits per heavy atom. The molecule has 3 atom stereocenters. The van der Waals surface area contributed by atoms with E-state index in [2.05, 4.69) is 38.1 Å². The number of likely N-dealkylation sites (tertiary alicyclic amines) is 1. The third-order valence-electron chi connectivity index (χ3n) is 4.13. The van der Waals surface area contributed by atoms with E-state index in [9.17, 15) is 4.79 Å². The molecule has 1 aromatic rings. The highest BCUT2D eigenvalue weighted by atomic mass is 16.5. The van der Waals surface area contributed by atoms with Crippen LogP contribution in [0.25, 0.3) is 0 Å². The van der Waals surface area contributed by atoms with E-state index in [0.29, 0.717) is 25.0 Å². The fourth-order valence-corrected chi connectivity index (χ4v) is 3.18. The largest absolute Gasteiger partial charge is 0.384 e. The summed E-state index contributed by atoms with van der Waals surface area (Å²) in [6, 6.07) is 11.1. The molecule has 0 aromatic heterocycles. The number of hydrogen-bond donors (Lipinski definition) is 0. The molecule has 0 radical (unpaired) electrons.